The molecule has 1 heterocycles. The molecule has 1 rings (SSSR count). The third-order valence-corrected chi connectivity index (χ3v) is 2.90. The summed E-state index contributed by atoms with van der Waals surface area (Å²) >= 11 is 2.61. The van der Waals surface area contributed by atoms with Crippen molar-refractivity contribution in [3.05, 3.63) is 22.1 Å². The number of nitrogens with zero attached hydrogens (tertiary/aromatic N) is 1. The molecule has 0 aliphatic heterocycles. The summed E-state index contributed by atoms with van der Waals surface area (Å²) in [6.45, 7) is 0. The van der Waals surface area contributed by atoms with Crippen LogP contribution >= 0.6 is 15.9 Å². The molecule has 0 aromatic carbocycles. The predicted octanol–water partition coefficient (Wildman–Crippen LogP) is 1.57. The first-order valence-corrected chi connectivity index (χ1v) is 5.74. The molecule has 0 saturated carbocycles. The van der Waals surface area contributed by atoms with E-state index in [1.165, 1.54) is 0 Å². The van der Waals surface area contributed by atoms with Crippen LogP contribution in [0.15, 0.2) is 15.6 Å². The summed E-state index contributed by atoms with van der Waals surface area (Å²) in [7, 11) is -4.22. The lowest BCUT2D eigenvalue weighted by atomic mass is 10.3. The number of primary sulfonamides is 1. The summed E-state index contributed by atoms with van der Waals surface area (Å²) in [5, 5.41) is 3.85. The van der Waals surface area contributed by atoms with Crippen LogP contribution in [0.5, 0.6) is 0 Å². The Morgan fingerprint density at radius 3 is 2.33 bits per heavy atom. The maximum Gasteiger partial charge on any atom is 0.269 e. The Balaban J connectivity index is 3.45. The summed E-state index contributed by atoms with van der Waals surface area (Å²) in [6, 6.07) is 0.722. The topological polar surface area (TPSA) is 73.1 Å². The van der Waals surface area contributed by atoms with E-state index < -0.39 is 37.5 Å². The van der Waals surface area contributed by atoms with E-state index in [2.05, 4.69) is 26.1 Å². The average Bonchev–Trinajstić information content (AvgIpc) is 1.99. The third-order valence-electron chi connectivity index (χ3n) is 1.45. The minimum absolute atomic E-state index is 0.394. The standard InChI is InChI=1S/C6H4BrF3N2O2S/c7-2-1-3(15(11,13)14)12-6(10)4(2)5(8)9/h1,5H,(H2,11,13,14). The van der Waals surface area contributed by atoms with Gasteiger partial charge in [-0.05, 0) is 6.07 Å². The first-order valence-electron chi connectivity index (χ1n) is 3.40. The normalized spacial score (nSPS) is 12.1. The van der Waals surface area contributed by atoms with E-state index in [-0.39, 0.29) is 0 Å². The Kier molecular flexibility index (Phi) is 3.36. The summed E-state index contributed by atoms with van der Waals surface area (Å²) < 4.78 is 58.5. The number of hydrogen-bond acceptors (Lipinski definition) is 3. The van der Waals surface area contributed by atoms with Gasteiger partial charge in [0, 0.05) is 4.47 Å². The fourth-order valence-corrected chi connectivity index (χ4v) is 2.01. The molecule has 0 aliphatic carbocycles. The molecule has 0 atom stereocenters. The van der Waals surface area contributed by atoms with E-state index in [1.54, 1.807) is 0 Å². The van der Waals surface area contributed by atoms with E-state index in [0.29, 0.717) is 0 Å². The Bertz CT molecular complexity index is 468. The zero-order chi connectivity index (χ0) is 11.8. The summed E-state index contributed by atoms with van der Waals surface area (Å²) in [6.07, 6.45) is -3.10. The van der Waals surface area contributed by atoms with Crippen molar-refractivity contribution in [1.29, 1.82) is 0 Å². The molecule has 0 radical (unpaired) electrons. The Labute approximate surface area is 91.5 Å². The molecule has 1 aromatic rings. The molecule has 0 amide bonds. The van der Waals surface area contributed by atoms with Crippen LogP contribution in [-0.2, 0) is 10.0 Å². The van der Waals surface area contributed by atoms with Crippen molar-refractivity contribution in [2.24, 2.45) is 5.14 Å². The zero-order valence-electron chi connectivity index (χ0n) is 6.92. The van der Waals surface area contributed by atoms with E-state index in [0.717, 1.165) is 6.07 Å². The lowest BCUT2D eigenvalue weighted by Crippen LogP contribution is -2.15. The summed E-state index contributed by atoms with van der Waals surface area (Å²) in [5.41, 5.74) is -0.998. The van der Waals surface area contributed by atoms with Crippen LogP contribution in [0.3, 0.4) is 0 Å². The largest absolute Gasteiger partial charge is 0.269 e. The molecule has 2 N–H and O–H groups in total. The van der Waals surface area contributed by atoms with Gasteiger partial charge in [0.2, 0.25) is 5.95 Å². The highest BCUT2D eigenvalue weighted by Crippen LogP contribution is 2.30. The second-order valence-electron chi connectivity index (χ2n) is 2.49. The fraction of sp³-hybridized carbons (Fsp3) is 0.167. The van der Waals surface area contributed by atoms with Gasteiger partial charge in [0.05, 0.1) is 5.56 Å². The first-order chi connectivity index (χ1) is 6.73. The number of hydrogen-bond donors (Lipinski definition) is 1. The molecule has 9 heteroatoms. The van der Waals surface area contributed by atoms with Crippen LogP contribution in [0.1, 0.15) is 12.0 Å². The molecule has 4 nitrogen and oxygen atoms in total. The average molecular weight is 305 g/mol. The van der Waals surface area contributed by atoms with Gasteiger partial charge >= 0.3 is 0 Å². The zero-order valence-corrected chi connectivity index (χ0v) is 9.32. The number of halogens is 4. The highest BCUT2D eigenvalue weighted by atomic mass is 79.9. The number of pyridine rings is 1. The molecule has 84 valence electrons. The van der Waals surface area contributed by atoms with Gasteiger partial charge < -0.3 is 0 Å². The number of rotatable bonds is 2. The van der Waals surface area contributed by atoms with Crippen molar-refractivity contribution in [3.8, 4) is 0 Å². The highest BCUT2D eigenvalue weighted by Gasteiger charge is 2.22. The minimum atomic E-state index is -4.22. The van der Waals surface area contributed by atoms with Gasteiger partial charge in [-0.3, -0.25) is 0 Å². The van der Waals surface area contributed by atoms with Gasteiger partial charge in [-0.1, -0.05) is 15.9 Å². The second-order valence-corrected chi connectivity index (χ2v) is 4.86. The van der Waals surface area contributed by atoms with Crippen LogP contribution in [0.25, 0.3) is 0 Å². The lowest BCUT2D eigenvalue weighted by molar-refractivity contribution is 0.144. The van der Waals surface area contributed by atoms with E-state index >= 15 is 0 Å². The second kappa shape index (κ2) is 4.06. The van der Waals surface area contributed by atoms with Crippen molar-refractivity contribution < 1.29 is 21.6 Å². The van der Waals surface area contributed by atoms with Crippen LogP contribution in [-0.4, -0.2) is 13.4 Å². The van der Waals surface area contributed by atoms with Crippen molar-refractivity contribution in [2.45, 2.75) is 11.5 Å². The van der Waals surface area contributed by atoms with Gasteiger partial charge in [0.25, 0.3) is 16.4 Å². The molecule has 0 bridgehead atoms. The van der Waals surface area contributed by atoms with Crippen LogP contribution in [0, 0.1) is 5.95 Å². The van der Waals surface area contributed by atoms with Crippen molar-refractivity contribution in [3.63, 3.8) is 0 Å². The molecule has 0 spiro atoms. The Morgan fingerprint density at radius 1 is 1.47 bits per heavy atom. The van der Waals surface area contributed by atoms with Crippen molar-refractivity contribution in [2.75, 3.05) is 0 Å². The van der Waals surface area contributed by atoms with E-state index in [9.17, 15) is 21.6 Å². The molecular formula is C6H4BrF3N2O2S. The molecule has 0 aliphatic rings. The smallest absolute Gasteiger partial charge is 0.223 e. The maximum absolute atomic E-state index is 13.0. The van der Waals surface area contributed by atoms with Crippen LogP contribution < -0.4 is 5.14 Å². The highest BCUT2D eigenvalue weighted by molar-refractivity contribution is 9.10. The van der Waals surface area contributed by atoms with Gasteiger partial charge in [0.15, 0.2) is 5.03 Å². The summed E-state index contributed by atoms with van der Waals surface area (Å²) in [4.78, 5) is 2.84. The quantitative estimate of drug-likeness (QED) is 0.843. The molecule has 0 saturated heterocycles. The molecular weight excluding hydrogens is 301 g/mol. The summed E-state index contributed by atoms with van der Waals surface area (Å²) in [5.74, 6) is -1.57. The molecule has 1 aromatic heterocycles. The van der Waals surface area contributed by atoms with Gasteiger partial charge in [0.1, 0.15) is 0 Å². The van der Waals surface area contributed by atoms with Crippen molar-refractivity contribution in [1.82, 2.24) is 4.98 Å². The van der Waals surface area contributed by atoms with Crippen LogP contribution in [0.4, 0.5) is 13.2 Å². The third kappa shape index (κ3) is 2.67. The van der Waals surface area contributed by atoms with Crippen LogP contribution in [0.2, 0.25) is 0 Å². The molecule has 15 heavy (non-hydrogen) atoms. The number of nitrogens with two attached hydrogens (primary N) is 1. The number of aromatic nitrogens is 1. The van der Waals surface area contributed by atoms with Crippen molar-refractivity contribution >= 4 is 26.0 Å². The number of sulfonamides is 1. The number of alkyl halides is 2. The minimum Gasteiger partial charge on any atom is -0.223 e. The first kappa shape index (κ1) is 12.4. The van der Waals surface area contributed by atoms with E-state index in [1.807, 2.05) is 0 Å². The monoisotopic (exact) mass is 304 g/mol. The van der Waals surface area contributed by atoms with Gasteiger partial charge in [-0.2, -0.15) is 4.39 Å². The molecule has 0 unspecified atom stereocenters. The predicted molar refractivity (Wildman–Crippen MR) is 48.2 cm³/mol. The van der Waals surface area contributed by atoms with E-state index in [4.69, 9.17) is 0 Å². The Morgan fingerprint density at radius 2 is 2.00 bits per heavy atom. The lowest BCUT2D eigenvalue weighted by Gasteiger charge is -2.05. The Hall–Kier alpha value is -0.670. The fourth-order valence-electron chi connectivity index (χ4n) is 0.814. The SMILES string of the molecule is NS(=O)(=O)c1cc(Br)c(C(F)F)c(F)n1. The van der Waals surface area contributed by atoms with Gasteiger partial charge in [-0.25, -0.2) is 27.3 Å². The van der Waals surface area contributed by atoms with Gasteiger partial charge in [-0.15, -0.1) is 0 Å². The molecule has 0 fully saturated rings. The maximum atomic E-state index is 13.0.